The second-order valence-corrected chi connectivity index (χ2v) is 8.17. The highest BCUT2D eigenvalue weighted by Crippen LogP contribution is 2.38. The summed E-state index contributed by atoms with van der Waals surface area (Å²) < 4.78 is 0. The van der Waals surface area contributed by atoms with Crippen LogP contribution in [0, 0.1) is 0 Å². The zero-order valence-corrected chi connectivity index (χ0v) is 17.3. The highest BCUT2D eigenvalue weighted by Gasteiger charge is 2.25. The number of benzene rings is 3. The predicted molar refractivity (Wildman–Crippen MR) is 124 cm³/mol. The second kappa shape index (κ2) is 8.16. The standard InChI is InChI=1S/C23H19N5O2S/c29-22-13-31-21-9-7-17(11-20(21)28(22)12-15-4-2-1-3-5-15)27-23(30)26-16-6-8-18-19(10-16)25-14-24-18/h1-11,14H,12-13H2,(H,24,25)(H2,26,27,30). The fourth-order valence-corrected chi connectivity index (χ4v) is 4.44. The number of hydrogen-bond donors (Lipinski definition) is 3. The molecule has 0 aliphatic carbocycles. The van der Waals surface area contributed by atoms with Gasteiger partial charge in [-0.05, 0) is 42.0 Å². The maximum Gasteiger partial charge on any atom is 0.323 e. The van der Waals surface area contributed by atoms with E-state index in [2.05, 4.69) is 20.6 Å². The lowest BCUT2D eigenvalue weighted by Crippen LogP contribution is -2.34. The number of imidazole rings is 1. The van der Waals surface area contributed by atoms with Gasteiger partial charge in [0.15, 0.2) is 0 Å². The molecule has 0 fully saturated rings. The molecule has 1 aliphatic heterocycles. The van der Waals surface area contributed by atoms with Gasteiger partial charge in [-0.2, -0.15) is 0 Å². The Kier molecular flexibility index (Phi) is 5.05. The Bertz CT molecular complexity index is 1270. The molecule has 154 valence electrons. The van der Waals surface area contributed by atoms with Crippen LogP contribution in [0.25, 0.3) is 11.0 Å². The molecular weight excluding hydrogens is 410 g/mol. The number of fused-ring (bicyclic) bond motifs is 2. The van der Waals surface area contributed by atoms with E-state index >= 15 is 0 Å². The van der Waals surface area contributed by atoms with Crippen molar-refractivity contribution in [1.29, 1.82) is 0 Å². The van der Waals surface area contributed by atoms with Gasteiger partial charge >= 0.3 is 6.03 Å². The zero-order valence-electron chi connectivity index (χ0n) is 16.5. The van der Waals surface area contributed by atoms with E-state index in [1.165, 1.54) is 11.8 Å². The number of nitrogens with one attached hydrogen (secondary N) is 3. The molecular formula is C23H19N5O2S. The Morgan fingerprint density at radius 1 is 1.03 bits per heavy atom. The van der Waals surface area contributed by atoms with Gasteiger partial charge in [0.25, 0.3) is 0 Å². The summed E-state index contributed by atoms with van der Waals surface area (Å²) in [5.41, 5.74) is 4.82. The minimum Gasteiger partial charge on any atom is -0.345 e. The molecule has 3 aromatic carbocycles. The molecule has 3 amide bonds. The maximum absolute atomic E-state index is 12.6. The van der Waals surface area contributed by atoms with Crippen LogP contribution in [0.5, 0.6) is 0 Å². The van der Waals surface area contributed by atoms with Crippen LogP contribution in [-0.4, -0.2) is 27.7 Å². The third-order valence-electron chi connectivity index (χ3n) is 5.02. The molecule has 4 aromatic rings. The number of urea groups is 1. The molecule has 7 nitrogen and oxygen atoms in total. The molecule has 8 heteroatoms. The normalized spacial score (nSPS) is 13.2. The monoisotopic (exact) mass is 429 g/mol. The van der Waals surface area contributed by atoms with Crippen LogP contribution >= 0.6 is 11.8 Å². The average molecular weight is 430 g/mol. The van der Waals surface area contributed by atoms with E-state index in [0.29, 0.717) is 23.7 Å². The summed E-state index contributed by atoms with van der Waals surface area (Å²) in [6, 6.07) is 20.6. The van der Waals surface area contributed by atoms with Gasteiger partial charge in [0, 0.05) is 16.3 Å². The number of hydrogen-bond acceptors (Lipinski definition) is 4. The maximum atomic E-state index is 12.6. The minimum atomic E-state index is -0.358. The Morgan fingerprint density at radius 2 is 1.81 bits per heavy atom. The fourth-order valence-electron chi connectivity index (χ4n) is 3.53. The number of carbonyl (C=O) groups is 2. The number of aromatic amines is 1. The van der Waals surface area contributed by atoms with Crippen LogP contribution in [-0.2, 0) is 11.3 Å². The van der Waals surface area contributed by atoms with E-state index in [0.717, 1.165) is 27.2 Å². The lowest BCUT2D eigenvalue weighted by molar-refractivity contribution is -0.116. The summed E-state index contributed by atoms with van der Waals surface area (Å²) in [6.07, 6.45) is 1.61. The molecule has 0 atom stereocenters. The third-order valence-corrected chi connectivity index (χ3v) is 6.07. The van der Waals surface area contributed by atoms with Crippen molar-refractivity contribution in [3.8, 4) is 0 Å². The summed E-state index contributed by atoms with van der Waals surface area (Å²) in [5.74, 6) is 0.458. The van der Waals surface area contributed by atoms with E-state index in [4.69, 9.17) is 0 Å². The van der Waals surface area contributed by atoms with Crippen molar-refractivity contribution in [1.82, 2.24) is 9.97 Å². The molecule has 1 aliphatic rings. The Morgan fingerprint density at radius 3 is 2.65 bits per heavy atom. The Labute approximate surface area is 182 Å². The van der Waals surface area contributed by atoms with Crippen molar-refractivity contribution in [2.24, 2.45) is 0 Å². The predicted octanol–water partition coefficient (Wildman–Crippen LogP) is 4.85. The van der Waals surface area contributed by atoms with Crippen molar-refractivity contribution in [3.05, 3.63) is 78.6 Å². The summed E-state index contributed by atoms with van der Waals surface area (Å²) in [7, 11) is 0. The van der Waals surface area contributed by atoms with E-state index in [-0.39, 0.29) is 11.9 Å². The van der Waals surface area contributed by atoms with Gasteiger partial charge in [0.05, 0.1) is 35.3 Å². The second-order valence-electron chi connectivity index (χ2n) is 7.15. The van der Waals surface area contributed by atoms with Gasteiger partial charge in [-0.25, -0.2) is 9.78 Å². The van der Waals surface area contributed by atoms with Crippen LogP contribution in [0.1, 0.15) is 5.56 Å². The highest BCUT2D eigenvalue weighted by molar-refractivity contribution is 8.00. The number of thioether (sulfide) groups is 1. The molecule has 5 rings (SSSR count). The molecule has 3 N–H and O–H groups in total. The first kappa shape index (κ1) is 19.2. The van der Waals surface area contributed by atoms with E-state index in [1.807, 2.05) is 60.7 Å². The van der Waals surface area contributed by atoms with Crippen LogP contribution in [0.4, 0.5) is 21.9 Å². The summed E-state index contributed by atoms with van der Waals surface area (Å²) in [4.78, 5) is 35.1. The van der Waals surface area contributed by atoms with E-state index in [9.17, 15) is 9.59 Å². The van der Waals surface area contributed by atoms with Crippen LogP contribution in [0.2, 0.25) is 0 Å². The summed E-state index contributed by atoms with van der Waals surface area (Å²) in [6.45, 7) is 0.493. The molecule has 0 saturated heterocycles. The van der Waals surface area contributed by atoms with Gasteiger partial charge in [0.2, 0.25) is 5.91 Å². The number of anilines is 3. The van der Waals surface area contributed by atoms with Gasteiger partial charge in [-0.15, -0.1) is 11.8 Å². The zero-order chi connectivity index (χ0) is 21.2. The van der Waals surface area contributed by atoms with Crippen LogP contribution in [0.15, 0.2) is 78.0 Å². The molecule has 0 radical (unpaired) electrons. The van der Waals surface area contributed by atoms with Crippen LogP contribution in [0.3, 0.4) is 0 Å². The number of aromatic nitrogens is 2. The Hall–Kier alpha value is -3.78. The topological polar surface area (TPSA) is 90.1 Å². The smallest absolute Gasteiger partial charge is 0.323 e. The first-order valence-corrected chi connectivity index (χ1v) is 10.8. The lowest BCUT2D eigenvalue weighted by Gasteiger charge is -2.29. The van der Waals surface area contributed by atoms with Crippen molar-refractivity contribution in [2.45, 2.75) is 11.4 Å². The number of nitrogens with zero attached hydrogens (tertiary/aromatic N) is 2. The summed E-state index contributed by atoms with van der Waals surface area (Å²) >= 11 is 1.51. The van der Waals surface area contributed by atoms with Crippen molar-refractivity contribution in [3.63, 3.8) is 0 Å². The first-order valence-electron chi connectivity index (χ1n) is 9.78. The molecule has 0 saturated carbocycles. The van der Waals surface area contributed by atoms with Crippen molar-refractivity contribution in [2.75, 3.05) is 21.3 Å². The number of amides is 3. The quantitative estimate of drug-likeness (QED) is 0.433. The SMILES string of the molecule is O=C(Nc1ccc2c(c1)N(Cc1ccccc1)C(=O)CS2)Nc1ccc2nc[nH]c2c1. The molecule has 2 heterocycles. The molecule has 0 bridgehead atoms. The third kappa shape index (κ3) is 4.10. The number of carbonyl (C=O) groups excluding carboxylic acids is 2. The van der Waals surface area contributed by atoms with Gasteiger partial charge in [-0.3, -0.25) is 4.79 Å². The van der Waals surface area contributed by atoms with Crippen molar-refractivity contribution >= 4 is 51.8 Å². The fraction of sp³-hybridized carbons (Fsp3) is 0.0870. The number of rotatable bonds is 4. The Balaban J connectivity index is 1.34. The molecule has 0 spiro atoms. The molecule has 31 heavy (non-hydrogen) atoms. The largest absolute Gasteiger partial charge is 0.345 e. The van der Waals surface area contributed by atoms with Gasteiger partial charge in [0.1, 0.15) is 0 Å². The van der Waals surface area contributed by atoms with Crippen molar-refractivity contribution < 1.29 is 9.59 Å². The summed E-state index contributed by atoms with van der Waals surface area (Å²) in [5, 5.41) is 5.69. The highest BCUT2D eigenvalue weighted by atomic mass is 32.2. The number of H-pyrrole nitrogens is 1. The van der Waals surface area contributed by atoms with Gasteiger partial charge < -0.3 is 20.5 Å². The van der Waals surface area contributed by atoms with E-state index in [1.54, 1.807) is 17.3 Å². The average Bonchev–Trinajstić information content (AvgIpc) is 3.24. The molecule has 1 aromatic heterocycles. The van der Waals surface area contributed by atoms with Crippen LogP contribution < -0.4 is 15.5 Å². The molecule has 0 unspecified atom stereocenters. The van der Waals surface area contributed by atoms with E-state index < -0.39 is 0 Å². The first-order chi connectivity index (χ1) is 15.2. The lowest BCUT2D eigenvalue weighted by atomic mass is 10.2. The minimum absolute atomic E-state index is 0.0517. The van der Waals surface area contributed by atoms with Gasteiger partial charge in [-0.1, -0.05) is 30.3 Å².